The van der Waals surface area contributed by atoms with Gasteiger partial charge in [0.25, 0.3) is 0 Å². The SMILES string of the molecule is CC(C)C(NC(=O)C(NC(=O)C(N)CCCN=C(N)N)C(C)O)C(=O)NC(C(=O)O)C(C)O. The molecule has 190 valence electrons. The summed E-state index contributed by atoms with van der Waals surface area (Å²) >= 11 is 0. The lowest BCUT2D eigenvalue weighted by Gasteiger charge is -2.28. The molecule has 0 spiro atoms. The van der Waals surface area contributed by atoms with E-state index in [1.165, 1.54) is 13.8 Å². The number of hydrogen-bond donors (Lipinski definition) is 9. The molecule has 0 saturated heterocycles. The van der Waals surface area contributed by atoms with E-state index in [2.05, 4.69) is 20.9 Å². The fourth-order valence-electron chi connectivity index (χ4n) is 2.73. The molecular formula is C19H37N7O7. The van der Waals surface area contributed by atoms with Crippen LogP contribution in [0.1, 0.15) is 40.5 Å². The third-order valence-corrected chi connectivity index (χ3v) is 4.66. The average Bonchev–Trinajstić information content (AvgIpc) is 2.69. The van der Waals surface area contributed by atoms with E-state index >= 15 is 0 Å². The molecule has 0 aliphatic carbocycles. The van der Waals surface area contributed by atoms with Crippen LogP contribution in [0.25, 0.3) is 0 Å². The van der Waals surface area contributed by atoms with E-state index in [-0.39, 0.29) is 18.9 Å². The predicted octanol–water partition coefficient (Wildman–Crippen LogP) is -3.68. The lowest BCUT2D eigenvalue weighted by atomic mass is 10.0. The van der Waals surface area contributed by atoms with Crippen LogP contribution in [0.4, 0.5) is 0 Å². The lowest BCUT2D eigenvalue weighted by Crippen LogP contribution is -2.61. The number of carbonyl (C=O) groups excluding carboxylic acids is 3. The minimum absolute atomic E-state index is 0.0919. The summed E-state index contributed by atoms with van der Waals surface area (Å²) in [7, 11) is 0. The molecule has 3 amide bonds. The molecule has 33 heavy (non-hydrogen) atoms. The summed E-state index contributed by atoms with van der Waals surface area (Å²) in [5.41, 5.74) is 16.2. The molecule has 6 unspecified atom stereocenters. The first-order chi connectivity index (χ1) is 15.2. The molecule has 0 heterocycles. The fraction of sp³-hybridized carbons (Fsp3) is 0.737. The van der Waals surface area contributed by atoms with Crippen LogP contribution in [0.5, 0.6) is 0 Å². The third kappa shape index (κ3) is 10.9. The van der Waals surface area contributed by atoms with Gasteiger partial charge in [0.05, 0.1) is 18.2 Å². The number of nitrogens with zero attached hydrogens (tertiary/aromatic N) is 1. The third-order valence-electron chi connectivity index (χ3n) is 4.66. The second-order valence-corrected chi connectivity index (χ2v) is 8.08. The predicted molar refractivity (Wildman–Crippen MR) is 120 cm³/mol. The summed E-state index contributed by atoms with van der Waals surface area (Å²) in [6.07, 6.45) is -2.10. The van der Waals surface area contributed by atoms with E-state index in [0.717, 1.165) is 0 Å². The summed E-state index contributed by atoms with van der Waals surface area (Å²) in [6, 6.07) is -5.22. The topological polar surface area (TPSA) is 255 Å². The maximum Gasteiger partial charge on any atom is 0.328 e. The summed E-state index contributed by atoms with van der Waals surface area (Å²) < 4.78 is 0. The number of amides is 3. The van der Waals surface area contributed by atoms with E-state index in [9.17, 15) is 29.4 Å². The van der Waals surface area contributed by atoms with Gasteiger partial charge in [0, 0.05) is 6.54 Å². The summed E-state index contributed by atoms with van der Waals surface area (Å²) in [6.45, 7) is 5.93. The normalized spacial score (nSPS) is 16.5. The van der Waals surface area contributed by atoms with Crippen LogP contribution < -0.4 is 33.2 Å². The van der Waals surface area contributed by atoms with Crippen molar-refractivity contribution in [3.63, 3.8) is 0 Å². The highest BCUT2D eigenvalue weighted by atomic mass is 16.4. The number of guanidine groups is 1. The van der Waals surface area contributed by atoms with Gasteiger partial charge in [-0.1, -0.05) is 13.8 Å². The van der Waals surface area contributed by atoms with Crippen molar-refractivity contribution in [1.82, 2.24) is 16.0 Å². The number of aliphatic hydroxyl groups excluding tert-OH is 2. The van der Waals surface area contributed by atoms with Crippen molar-refractivity contribution < 1.29 is 34.5 Å². The number of aliphatic imine (C=N–C) groups is 1. The van der Waals surface area contributed by atoms with Gasteiger partial charge in [-0.15, -0.1) is 0 Å². The second kappa shape index (κ2) is 14.2. The van der Waals surface area contributed by atoms with Crippen LogP contribution in [0.3, 0.4) is 0 Å². The van der Waals surface area contributed by atoms with Crippen molar-refractivity contribution in [2.24, 2.45) is 28.1 Å². The number of nitrogens with one attached hydrogen (secondary N) is 3. The molecule has 0 bridgehead atoms. The first-order valence-corrected chi connectivity index (χ1v) is 10.5. The number of aliphatic carboxylic acids is 1. The van der Waals surface area contributed by atoms with Crippen molar-refractivity contribution in [2.45, 2.75) is 76.9 Å². The van der Waals surface area contributed by atoms with Crippen molar-refractivity contribution in [3.8, 4) is 0 Å². The van der Waals surface area contributed by atoms with Crippen LogP contribution in [0.15, 0.2) is 4.99 Å². The Morgan fingerprint density at radius 2 is 1.27 bits per heavy atom. The van der Waals surface area contributed by atoms with Gasteiger partial charge in [-0.2, -0.15) is 0 Å². The highest BCUT2D eigenvalue weighted by Gasteiger charge is 2.34. The second-order valence-electron chi connectivity index (χ2n) is 8.08. The van der Waals surface area contributed by atoms with E-state index in [1.54, 1.807) is 13.8 Å². The zero-order valence-corrected chi connectivity index (χ0v) is 19.3. The first kappa shape index (κ1) is 30.0. The number of hydrogen-bond acceptors (Lipinski definition) is 8. The van der Waals surface area contributed by atoms with Crippen molar-refractivity contribution in [3.05, 3.63) is 0 Å². The van der Waals surface area contributed by atoms with Gasteiger partial charge in [0.2, 0.25) is 17.7 Å². The number of carboxylic acids is 1. The summed E-state index contributed by atoms with van der Waals surface area (Å²) in [4.78, 5) is 52.6. The molecule has 14 heteroatoms. The number of aliphatic hydroxyl groups is 2. The van der Waals surface area contributed by atoms with E-state index in [4.69, 9.17) is 22.3 Å². The Balaban J connectivity index is 5.22. The number of rotatable bonds is 14. The van der Waals surface area contributed by atoms with Gasteiger partial charge in [-0.25, -0.2) is 4.79 Å². The summed E-state index contributed by atoms with van der Waals surface area (Å²) in [5.74, 6) is -4.45. The van der Waals surface area contributed by atoms with Crippen LogP contribution >= 0.6 is 0 Å². The number of nitrogens with two attached hydrogens (primary N) is 3. The van der Waals surface area contributed by atoms with Crippen LogP contribution in [0, 0.1) is 5.92 Å². The Kier molecular flexibility index (Phi) is 13.0. The molecule has 0 saturated carbocycles. The molecule has 6 atom stereocenters. The van der Waals surface area contributed by atoms with Crippen LogP contribution in [0.2, 0.25) is 0 Å². The van der Waals surface area contributed by atoms with E-state index in [0.29, 0.717) is 6.42 Å². The molecule has 0 aromatic carbocycles. The smallest absolute Gasteiger partial charge is 0.328 e. The van der Waals surface area contributed by atoms with E-state index < -0.39 is 66.0 Å². The van der Waals surface area contributed by atoms with Crippen LogP contribution in [-0.4, -0.2) is 87.9 Å². The molecule has 0 aromatic heterocycles. The molecular weight excluding hydrogens is 438 g/mol. The van der Waals surface area contributed by atoms with Gasteiger partial charge in [-0.05, 0) is 32.6 Å². The van der Waals surface area contributed by atoms with Gasteiger partial charge < -0.3 is 48.5 Å². The minimum Gasteiger partial charge on any atom is -0.480 e. The van der Waals surface area contributed by atoms with Crippen LogP contribution in [-0.2, 0) is 19.2 Å². The Labute approximate surface area is 192 Å². The molecule has 0 aromatic rings. The first-order valence-electron chi connectivity index (χ1n) is 10.5. The van der Waals surface area contributed by atoms with E-state index in [1.807, 2.05) is 0 Å². The van der Waals surface area contributed by atoms with Gasteiger partial charge in [-0.3, -0.25) is 19.4 Å². The lowest BCUT2D eigenvalue weighted by molar-refractivity contribution is -0.145. The molecule has 0 rings (SSSR count). The van der Waals surface area contributed by atoms with Crippen molar-refractivity contribution >= 4 is 29.7 Å². The molecule has 0 aliphatic heterocycles. The summed E-state index contributed by atoms with van der Waals surface area (Å²) in [5, 5.41) is 35.6. The van der Waals surface area contributed by atoms with Crippen molar-refractivity contribution in [2.75, 3.05) is 6.54 Å². The van der Waals surface area contributed by atoms with Gasteiger partial charge in [0.1, 0.15) is 12.1 Å². The number of carbonyl (C=O) groups is 4. The zero-order chi connectivity index (χ0) is 25.9. The van der Waals surface area contributed by atoms with Gasteiger partial charge >= 0.3 is 5.97 Å². The Morgan fingerprint density at radius 3 is 1.70 bits per heavy atom. The monoisotopic (exact) mass is 475 g/mol. The fourth-order valence-corrected chi connectivity index (χ4v) is 2.73. The van der Waals surface area contributed by atoms with Gasteiger partial charge in [0.15, 0.2) is 12.0 Å². The average molecular weight is 476 g/mol. The maximum atomic E-state index is 12.7. The molecule has 14 nitrogen and oxygen atoms in total. The molecule has 0 radical (unpaired) electrons. The Morgan fingerprint density at radius 1 is 0.818 bits per heavy atom. The quantitative estimate of drug-likeness (QED) is 0.0675. The standard InChI is InChI=1S/C19H37N7O7/c1-8(2)12(16(30)26-14(10(4)28)18(32)33)24-17(31)13(9(3)27)25-15(29)11(20)6-5-7-23-19(21)22/h8-14,27-28H,5-7,20H2,1-4H3,(H,24,31)(H,25,29)(H,26,30)(H,32,33)(H4,21,22,23). The molecule has 0 aliphatic rings. The Hall–Kier alpha value is -2.97. The zero-order valence-electron chi connectivity index (χ0n) is 19.3. The maximum absolute atomic E-state index is 12.7. The molecule has 0 fully saturated rings. The highest BCUT2D eigenvalue weighted by Crippen LogP contribution is 2.06. The Bertz CT molecular complexity index is 709. The largest absolute Gasteiger partial charge is 0.480 e. The highest BCUT2D eigenvalue weighted by molar-refractivity contribution is 5.94. The van der Waals surface area contributed by atoms with Crippen molar-refractivity contribution in [1.29, 1.82) is 0 Å². The molecule has 12 N–H and O–H groups in total. The minimum atomic E-state index is -1.58. The number of carboxylic acid groups (broad SMARTS) is 1.